The van der Waals surface area contributed by atoms with Crippen LogP contribution in [-0.4, -0.2) is 28.9 Å². The lowest BCUT2D eigenvalue weighted by molar-refractivity contribution is 0.394. The van der Waals surface area contributed by atoms with E-state index in [-0.39, 0.29) is 17.9 Å². The van der Waals surface area contributed by atoms with Gasteiger partial charge in [0.05, 0.1) is 43.4 Å². The molecular formula is C28H27FN4O2S. The summed E-state index contributed by atoms with van der Waals surface area (Å²) in [6.45, 7) is 3.99. The van der Waals surface area contributed by atoms with Gasteiger partial charge >= 0.3 is 0 Å². The van der Waals surface area contributed by atoms with Crippen molar-refractivity contribution in [2.24, 2.45) is 0 Å². The highest BCUT2D eigenvalue weighted by atomic mass is 32.1. The van der Waals surface area contributed by atoms with Crippen molar-refractivity contribution in [1.82, 2.24) is 14.9 Å². The number of hydrogen-bond acceptors (Lipinski definition) is 4. The molecule has 8 heteroatoms. The topological polar surface area (TPSA) is 51.5 Å². The molecule has 0 saturated carbocycles. The Kier molecular flexibility index (Phi) is 6.36. The number of ether oxygens (including phenoxy) is 2. The number of nitrogens with one attached hydrogen (secondary N) is 1. The molecule has 1 fully saturated rings. The van der Waals surface area contributed by atoms with E-state index in [1.54, 1.807) is 32.5 Å². The lowest BCUT2D eigenvalue weighted by Gasteiger charge is -2.29. The molecule has 0 aliphatic carbocycles. The van der Waals surface area contributed by atoms with Crippen molar-refractivity contribution >= 4 is 23.0 Å². The molecule has 1 aliphatic rings. The van der Waals surface area contributed by atoms with Crippen LogP contribution in [0.4, 0.5) is 10.1 Å². The SMILES string of the molecule is COc1ccc(N2C(=S)N[C@@H](c3ccccn3)[C@@H]2c2cc(C)n(-c3ccccc3F)c2C)c(OC)c1. The van der Waals surface area contributed by atoms with Gasteiger partial charge in [0.1, 0.15) is 17.3 Å². The molecule has 184 valence electrons. The van der Waals surface area contributed by atoms with Crippen molar-refractivity contribution in [1.29, 1.82) is 0 Å². The van der Waals surface area contributed by atoms with Gasteiger partial charge in [-0.15, -0.1) is 0 Å². The number of methoxy groups -OCH3 is 2. The van der Waals surface area contributed by atoms with E-state index in [0.717, 1.165) is 28.3 Å². The van der Waals surface area contributed by atoms with Gasteiger partial charge in [0.15, 0.2) is 5.11 Å². The van der Waals surface area contributed by atoms with Crippen LogP contribution in [0.25, 0.3) is 5.69 Å². The first-order valence-corrected chi connectivity index (χ1v) is 12.0. The zero-order valence-electron chi connectivity index (χ0n) is 20.5. The van der Waals surface area contributed by atoms with Crippen LogP contribution in [0.15, 0.2) is 72.9 Å². The van der Waals surface area contributed by atoms with E-state index in [1.807, 2.05) is 60.9 Å². The summed E-state index contributed by atoms with van der Waals surface area (Å²) in [7, 11) is 3.24. The fraction of sp³-hybridized carbons (Fsp3) is 0.214. The summed E-state index contributed by atoms with van der Waals surface area (Å²) in [6, 6.07) is 19.9. The van der Waals surface area contributed by atoms with E-state index in [0.29, 0.717) is 22.3 Å². The molecule has 6 nitrogen and oxygen atoms in total. The molecule has 0 amide bonds. The van der Waals surface area contributed by atoms with E-state index in [2.05, 4.69) is 21.3 Å². The Hall–Kier alpha value is -3.91. The van der Waals surface area contributed by atoms with Crippen LogP contribution < -0.4 is 19.7 Å². The minimum absolute atomic E-state index is 0.236. The van der Waals surface area contributed by atoms with E-state index >= 15 is 0 Å². The van der Waals surface area contributed by atoms with E-state index in [1.165, 1.54) is 6.07 Å². The van der Waals surface area contributed by atoms with Crippen LogP contribution in [0, 0.1) is 19.7 Å². The van der Waals surface area contributed by atoms with Gasteiger partial charge < -0.3 is 24.3 Å². The third kappa shape index (κ3) is 3.97. The molecule has 0 spiro atoms. The third-order valence-electron chi connectivity index (χ3n) is 6.63. The number of benzene rings is 2. The zero-order chi connectivity index (χ0) is 25.4. The van der Waals surface area contributed by atoms with Crippen LogP contribution in [0.3, 0.4) is 0 Å². The molecule has 4 aromatic rings. The van der Waals surface area contributed by atoms with Crippen molar-refractivity contribution in [3.05, 3.63) is 101 Å². The average Bonchev–Trinajstić information content (AvgIpc) is 3.39. The minimum Gasteiger partial charge on any atom is -0.497 e. The Labute approximate surface area is 215 Å². The summed E-state index contributed by atoms with van der Waals surface area (Å²) in [6.07, 6.45) is 1.77. The first-order chi connectivity index (χ1) is 17.4. The number of thiocarbonyl (C=S) groups is 1. The van der Waals surface area contributed by atoms with Gasteiger partial charge in [-0.25, -0.2) is 4.39 Å². The number of aromatic nitrogens is 2. The summed E-state index contributed by atoms with van der Waals surface area (Å²) < 4.78 is 27.9. The van der Waals surface area contributed by atoms with Gasteiger partial charge in [0.2, 0.25) is 0 Å². The van der Waals surface area contributed by atoms with Gasteiger partial charge in [0.25, 0.3) is 0 Å². The Morgan fingerprint density at radius 1 is 0.944 bits per heavy atom. The van der Waals surface area contributed by atoms with Gasteiger partial charge in [-0.2, -0.15) is 0 Å². The Morgan fingerprint density at radius 2 is 1.72 bits per heavy atom. The number of pyridine rings is 1. The van der Waals surface area contributed by atoms with E-state index < -0.39 is 0 Å². The smallest absolute Gasteiger partial charge is 0.174 e. The normalized spacial score (nSPS) is 17.2. The molecule has 2 aromatic carbocycles. The predicted molar refractivity (Wildman–Crippen MR) is 143 cm³/mol. The van der Waals surface area contributed by atoms with Crippen LogP contribution in [0.2, 0.25) is 0 Å². The molecule has 2 atom stereocenters. The van der Waals surface area contributed by atoms with Crippen molar-refractivity contribution in [3.8, 4) is 17.2 Å². The first kappa shape index (κ1) is 23.8. The average molecular weight is 503 g/mol. The largest absolute Gasteiger partial charge is 0.497 e. The Balaban J connectivity index is 1.71. The Bertz CT molecular complexity index is 1420. The summed E-state index contributed by atoms with van der Waals surface area (Å²) in [4.78, 5) is 6.69. The number of halogens is 1. The monoisotopic (exact) mass is 502 g/mol. The molecule has 1 saturated heterocycles. The van der Waals surface area contributed by atoms with Crippen molar-refractivity contribution in [3.63, 3.8) is 0 Å². The molecule has 36 heavy (non-hydrogen) atoms. The van der Waals surface area contributed by atoms with Crippen molar-refractivity contribution in [2.75, 3.05) is 19.1 Å². The highest BCUT2D eigenvalue weighted by molar-refractivity contribution is 7.80. The van der Waals surface area contributed by atoms with E-state index in [4.69, 9.17) is 21.7 Å². The standard InChI is InChI=1S/C28H27FN4O2S/c1-17-15-20(18(2)32(17)23-11-6-5-9-21(23)29)27-26(22-10-7-8-14-30-22)31-28(36)33(27)24-13-12-19(34-3)16-25(24)35-4/h5-16,26-27H,1-4H3,(H,31,36)/t26-,27-/m0/s1. The van der Waals surface area contributed by atoms with Crippen molar-refractivity contribution < 1.29 is 13.9 Å². The second-order valence-corrected chi connectivity index (χ2v) is 9.03. The molecule has 3 heterocycles. The molecule has 2 aromatic heterocycles. The molecule has 1 aliphatic heterocycles. The fourth-order valence-electron chi connectivity index (χ4n) is 5.01. The zero-order valence-corrected chi connectivity index (χ0v) is 21.3. The van der Waals surface area contributed by atoms with Crippen molar-refractivity contribution in [2.45, 2.75) is 25.9 Å². The minimum atomic E-state index is -0.277. The van der Waals surface area contributed by atoms with Gasteiger partial charge in [0, 0.05) is 23.7 Å². The summed E-state index contributed by atoms with van der Waals surface area (Å²) in [5.74, 6) is 1.04. The fourth-order valence-corrected chi connectivity index (χ4v) is 5.34. The second-order valence-electron chi connectivity index (χ2n) is 8.65. The maximum atomic E-state index is 14.8. The van der Waals surface area contributed by atoms with Crippen LogP contribution >= 0.6 is 12.2 Å². The second kappa shape index (κ2) is 9.62. The number of nitrogens with zero attached hydrogens (tertiary/aromatic N) is 3. The van der Waals surface area contributed by atoms with Gasteiger partial charge in [-0.3, -0.25) is 4.98 Å². The Morgan fingerprint density at radius 3 is 2.42 bits per heavy atom. The van der Waals surface area contributed by atoms with Gasteiger partial charge in [-0.05, 0) is 74.1 Å². The lowest BCUT2D eigenvalue weighted by atomic mass is 9.96. The summed E-state index contributed by atoms with van der Waals surface area (Å²) in [5.41, 5.74) is 5.02. The quantitative estimate of drug-likeness (QED) is 0.335. The molecular weight excluding hydrogens is 475 g/mol. The van der Waals surface area contributed by atoms with E-state index in [9.17, 15) is 4.39 Å². The summed E-state index contributed by atoms with van der Waals surface area (Å²) >= 11 is 5.88. The number of hydrogen-bond donors (Lipinski definition) is 1. The number of aryl methyl sites for hydroxylation is 1. The molecule has 1 N–H and O–H groups in total. The molecule has 0 unspecified atom stereocenters. The van der Waals surface area contributed by atoms with Gasteiger partial charge in [-0.1, -0.05) is 18.2 Å². The highest BCUT2D eigenvalue weighted by Gasteiger charge is 2.43. The lowest BCUT2D eigenvalue weighted by Crippen LogP contribution is -2.30. The highest BCUT2D eigenvalue weighted by Crippen LogP contribution is 2.46. The summed E-state index contributed by atoms with van der Waals surface area (Å²) in [5, 5.41) is 4.03. The number of anilines is 1. The predicted octanol–water partition coefficient (Wildman–Crippen LogP) is 5.82. The number of para-hydroxylation sites is 1. The van der Waals surface area contributed by atoms with Crippen LogP contribution in [-0.2, 0) is 0 Å². The molecule has 5 rings (SSSR count). The maximum absolute atomic E-state index is 14.8. The van der Waals surface area contributed by atoms with Crippen LogP contribution in [0.5, 0.6) is 11.5 Å². The molecule has 0 bridgehead atoms. The third-order valence-corrected chi connectivity index (χ3v) is 6.94. The van der Waals surface area contributed by atoms with Crippen LogP contribution in [0.1, 0.15) is 34.7 Å². The number of rotatable bonds is 6. The maximum Gasteiger partial charge on any atom is 0.174 e. The molecule has 0 radical (unpaired) electrons. The first-order valence-electron chi connectivity index (χ1n) is 11.6.